The molecule has 1 atom stereocenters. The molecule has 1 N–H and O–H groups in total. The Bertz CT molecular complexity index is 463. The number of nitrogens with one attached hydrogen (secondary N) is 1. The highest BCUT2D eigenvalue weighted by Gasteiger charge is 2.22. The lowest BCUT2D eigenvalue weighted by Crippen LogP contribution is -2.26. The van der Waals surface area contributed by atoms with Gasteiger partial charge in [-0.1, -0.05) is 19.9 Å². The Morgan fingerprint density at radius 2 is 2.12 bits per heavy atom. The molecule has 1 aromatic carbocycles. The highest BCUT2D eigenvalue weighted by atomic mass is 19.1. The van der Waals surface area contributed by atoms with Crippen LogP contribution < -0.4 is 5.32 Å². The Morgan fingerprint density at radius 1 is 1.47 bits per heavy atom. The number of hydrogen-bond acceptors (Lipinski definition) is 2. The average molecular weight is 234 g/mol. The van der Waals surface area contributed by atoms with Gasteiger partial charge in [0.1, 0.15) is 11.7 Å². The molecule has 0 aromatic heterocycles. The van der Waals surface area contributed by atoms with E-state index in [2.05, 4.69) is 5.32 Å². The lowest BCUT2D eigenvalue weighted by atomic mass is 9.96. The van der Waals surface area contributed by atoms with E-state index < -0.39 is 17.6 Å². The molecular formula is C13H15FN2O. The van der Waals surface area contributed by atoms with Crippen LogP contribution in [0.4, 0.5) is 10.1 Å². The number of nitrogens with zero attached hydrogens (tertiary/aromatic N) is 1. The van der Waals surface area contributed by atoms with Crippen LogP contribution in [0.1, 0.15) is 19.4 Å². The molecule has 1 aromatic rings. The van der Waals surface area contributed by atoms with Crippen molar-refractivity contribution in [3.8, 4) is 6.07 Å². The maximum absolute atomic E-state index is 13.4. The Morgan fingerprint density at radius 3 is 2.65 bits per heavy atom. The number of aryl methyl sites for hydroxylation is 1. The van der Waals surface area contributed by atoms with E-state index in [0.29, 0.717) is 0 Å². The summed E-state index contributed by atoms with van der Waals surface area (Å²) < 4.78 is 13.4. The summed E-state index contributed by atoms with van der Waals surface area (Å²) in [5.74, 6) is -1.83. The number of amides is 1. The first-order chi connectivity index (χ1) is 7.95. The number of benzene rings is 1. The normalized spacial score (nSPS) is 12.0. The van der Waals surface area contributed by atoms with Crippen molar-refractivity contribution >= 4 is 11.6 Å². The third-order valence-electron chi connectivity index (χ3n) is 2.47. The summed E-state index contributed by atoms with van der Waals surface area (Å²) in [7, 11) is 0. The van der Waals surface area contributed by atoms with Gasteiger partial charge in [0, 0.05) is 0 Å². The van der Waals surface area contributed by atoms with Crippen LogP contribution in [-0.2, 0) is 4.79 Å². The van der Waals surface area contributed by atoms with Crippen LogP contribution >= 0.6 is 0 Å². The predicted octanol–water partition coefficient (Wildman–Crippen LogP) is 2.87. The number of rotatable bonds is 3. The fourth-order valence-corrected chi connectivity index (χ4v) is 1.46. The van der Waals surface area contributed by atoms with Crippen molar-refractivity contribution in [3.05, 3.63) is 29.6 Å². The molecule has 0 fully saturated rings. The fourth-order valence-electron chi connectivity index (χ4n) is 1.46. The van der Waals surface area contributed by atoms with Crippen molar-refractivity contribution in [1.29, 1.82) is 5.26 Å². The minimum absolute atomic E-state index is 0.104. The van der Waals surface area contributed by atoms with Gasteiger partial charge < -0.3 is 5.32 Å². The van der Waals surface area contributed by atoms with E-state index in [1.807, 2.05) is 6.07 Å². The number of hydrogen-bond donors (Lipinski definition) is 1. The molecule has 0 bridgehead atoms. The van der Waals surface area contributed by atoms with E-state index in [-0.39, 0.29) is 11.6 Å². The molecule has 0 aliphatic carbocycles. The summed E-state index contributed by atoms with van der Waals surface area (Å²) in [5, 5.41) is 11.3. The Hall–Kier alpha value is -1.89. The van der Waals surface area contributed by atoms with Crippen molar-refractivity contribution in [1.82, 2.24) is 0 Å². The zero-order valence-electron chi connectivity index (χ0n) is 10.1. The molecule has 0 saturated carbocycles. The standard InChI is InChI=1S/C13H15FN2O/c1-8(2)10(7-15)13(17)16-12-6-9(3)4-5-11(12)14/h4-6,8,10H,1-3H3,(H,16,17). The maximum Gasteiger partial charge on any atom is 0.242 e. The zero-order valence-corrected chi connectivity index (χ0v) is 10.1. The number of carbonyl (C=O) groups excluding carboxylic acids is 1. The van der Waals surface area contributed by atoms with Crippen LogP contribution in [-0.4, -0.2) is 5.91 Å². The number of halogens is 1. The molecule has 0 aliphatic heterocycles. The smallest absolute Gasteiger partial charge is 0.242 e. The highest BCUT2D eigenvalue weighted by molar-refractivity contribution is 5.94. The molecule has 17 heavy (non-hydrogen) atoms. The summed E-state index contributed by atoms with van der Waals surface area (Å²) in [5.41, 5.74) is 0.968. The van der Waals surface area contributed by atoms with Crippen LogP contribution in [0.15, 0.2) is 18.2 Å². The molecule has 1 unspecified atom stereocenters. The van der Waals surface area contributed by atoms with Gasteiger partial charge in [-0.2, -0.15) is 5.26 Å². The van der Waals surface area contributed by atoms with E-state index in [0.717, 1.165) is 5.56 Å². The summed E-state index contributed by atoms with van der Waals surface area (Å²) in [6.45, 7) is 5.36. The molecule has 1 rings (SSSR count). The maximum atomic E-state index is 13.4. The van der Waals surface area contributed by atoms with E-state index >= 15 is 0 Å². The summed E-state index contributed by atoms with van der Waals surface area (Å²) in [6, 6.07) is 6.38. The molecule has 0 heterocycles. The van der Waals surface area contributed by atoms with Crippen molar-refractivity contribution < 1.29 is 9.18 Å². The van der Waals surface area contributed by atoms with Gasteiger partial charge in [-0.3, -0.25) is 4.79 Å². The Kier molecular flexibility index (Phi) is 4.22. The van der Waals surface area contributed by atoms with Gasteiger partial charge in [0.25, 0.3) is 0 Å². The monoisotopic (exact) mass is 234 g/mol. The van der Waals surface area contributed by atoms with Crippen LogP contribution in [0.2, 0.25) is 0 Å². The average Bonchev–Trinajstić information content (AvgIpc) is 2.24. The zero-order chi connectivity index (χ0) is 13.0. The van der Waals surface area contributed by atoms with Crippen LogP contribution in [0.3, 0.4) is 0 Å². The molecule has 1 amide bonds. The second-order valence-corrected chi connectivity index (χ2v) is 4.32. The van der Waals surface area contributed by atoms with Gasteiger partial charge in [0.05, 0.1) is 11.8 Å². The number of carbonyl (C=O) groups is 1. The van der Waals surface area contributed by atoms with Crippen molar-refractivity contribution in [2.75, 3.05) is 5.32 Å². The topological polar surface area (TPSA) is 52.9 Å². The number of nitriles is 1. The van der Waals surface area contributed by atoms with Gasteiger partial charge in [-0.15, -0.1) is 0 Å². The quantitative estimate of drug-likeness (QED) is 0.874. The molecule has 3 nitrogen and oxygen atoms in total. The summed E-state index contributed by atoms with van der Waals surface area (Å²) in [6.07, 6.45) is 0. The molecule has 4 heteroatoms. The van der Waals surface area contributed by atoms with Crippen LogP contribution in [0, 0.1) is 35.9 Å². The first-order valence-corrected chi connectivity index (χ1v) is 5.42. The molecular weight excluding hydrogens is 219 g/mol. The van der Waals surface area contributed by atoms with Crippen molar-refractivity contribution in [2.45, 2.75) is 20.8 Å². The first kappa shape index (κ1) is 13.2. The van der Waals surface area contributed by atoms with Gasteiger partial charge in [0.15, 0.2) is 0 Å². The van der Waals surface area contributed by atoms with Crippen molar-refractivity contribution in [3.63, 3.8) is 0 Å². The van der Waals surface area contributed by atoms with Crippen molar-refractivity contribution in [2.24, 2.45) is 11.8 Å². The lowest BCUT2D eigenvalue weighted by molar-refractivity contribution is -0.119. The SMILES string of the molecule is Cc1ccc(F)c(NC(=O)C(C#N)C(C)C)c1. The second-order valence-electron chi connectivity index (χ2n) is 4.32. The van der Waals surface area contributed by atoms with Gasteiger partial charge in [-0.25, -0.2) is 4.39 Å². The van der Waals surface area contributed by atoms with Gasteiger partial charge >= 0.3 is 0 Å². The van der Waals surface area contributed by atoms with Crippen LogP contribution in [0.25, 0.3) is 0 Å². The number of anilines is 1. The molecule has 0 aliphatic rings. The Balaban J connectivity index is 2.88. The first-order valence-electron chi connectivity index (χ1n) is 5.42. The molecule has 90 valence electrons. The minimum Gasteiger partial charge on any atom is -0.322 e. The summed E-state index contributed by atoms with van der Waals surface area (Å²) >= 11 is 0. The van der Waals surface area contributed by atoms with Gasteiger partial charge in [-0.05, 0) is 30.5 Å². The summed E-state index contributed by atoms with van der Waals surface area (Å²) in [4.78, 5) is 11.7. The van der Waals surface area contributed by atoms with E-state index in [1.54, 1.807) is 32.9 Å². The van der Waals surface area contributed by atoms with E-state index in [9.17, 15) is 9.18 Å². The predicted molar refractivity (Wildman–Crippen MR) is 63.7 cm³/mol. The minimum atomic E-state index is -0.769. The van der Waals surface area contributed by atoms with E-state index in [4.69, 9.17) is 5.26 Å². The molecule has 0 radical (unpaired) electrons. The van der Waals surface area contributed by atoms with E-state index in [1.165, 1.54) is 6.07 Å². The third kappa shape index (κ3) is 3.28. The highest BCUT2D eigenvalue weighted by Crippen LogP contribution is 2.18. The molecule has 0 spiro atoms. The molecule has 0 saturated heterocycles. The third-order valence-corrected chi connectivity index (χ3v) is 2.47. The Labute approximate surface area is 100 Å². The largest absolute Gasteiger partial charge is 0.322 e. The lowest BCUT2D eigenvalue weighted by Gasteiger charge is -2.13. The fraction of sp³-hybridized carbons (Fsp3) is 0.385. The van der Waals surface area contributed by atoms with Gasteiger partial charge in [0.2, 0.25) is 5.91 Å². The van der Waals surface area contributed by atoms with Crippen LogP contribution in [0.5, 0.6) is 0 Å². The second kappa shape index (κ2) is 5.44.